The minimum Gasteiger partial charge on any atom is -0.231 e. The van der Waals surface area contributed by atoms with Gasteiger partial charge in [-0.1, -0.05) is 18.2 Å². The van der Waals surface area contributed by atoms with E-state index in [4.69, 9.17) is 0 Å². The molecule has 55 heavy (non-hydrogen) atoms. The zero-order valence-corrected chi connectivity index (χ0v) is 30.9. The van der Waals surface area contributed by atoms with Crippen LogP contribution < -0.4 is 0 Å². The molecule has 324 valence electrons. The predicted molar refractivity (Wildman–Crippen MR) is 150 cm³/mol. The van der Waals surface area contributed by atoms with Gasteiger partial charge in [-0.05, 0) is 23.6 Å². The third-order valence-corrected chi connectivity index (χ3v) is 10.1. The zero-order chi connectivity index (χ0) is 43.5. The van der Waals surface area contributed by atoms with Crippen LogP contribution in [0.25, 0.3) is 0 Å². The van der Waals surface area contributed by atoms with Crippen molar-refractivity contribution in [2.24, 2.45) is 0 Å². The average Bonchev–Trinajstić information content (AvgIpc) is 2.99. The van der Waals surface area contributed by atoms with E-state index >= 15 is 0 Å². The molecule has 0 aromatic heterocycles. The molecule has 0 aliphatic rings. The summed E-state index contributed by atoms with van der Waals surface area (Å²) in [5.74, 6) is -21.3. The highest BCUT2D eigenvalue weighted by Crippen LogP contribution is 2.52. The maximum atomic E-state index is 15.0. The molecule has 0 N–H and O–H groups in total. The summed E-state index contributed by atoms with van der Waals surface area (Å²) >= 11 is 0. The molecule has 1 rings (SSSR count). The van der Waals surface area contributed by atoms with Gasteiger partial charge < -0.3 is 0 Å². The normalized spacial score (nSPS) is 15.9. The molecule has 0 aliphatic carbocycles. The summed E-state index contributed by atoms with van der Waals surface area (Å²) in [5.41, 5.74) is -6.08. The van der Waals surface area contributed by atoms with Crippen LogP contribution in [0.2, 0.25) is 0 Å². The highest BCUT2D eigenvalue weighted by atomic mass is 32.2. The van der Waals surface area contributed by atoms with Crippen molar-refractivity contribution >= 4 is 60.7 Å². The topological polar surface area (TPSA) is 260 Å². The van der Waals surface area contributed by atoms with E-state index in [0.29, 0.717) is 6.92 Å². The average molecular weight is 957 g/mol. The van der Waals surface area contributed by atoms with Gasteiger partial charge in [0.15, 0.2) is 11.8 Å². The summed E-state index contributed by atoms with van der Waals surface area (Å²) in [6.07, 6.45) is -13.5. The van der Waals surface area contributed by atoms with Crippen molar-refractivity contribution in [3.63, 3.8) is 0 Å². The quantitative estimate of drug-likeness (QED) is 0.0917. The van der Waals surface area contributed by atoms with Crippen molar-refractivity contribution in [1.82, 2.24) is 0 Å². The predicted octanol–water partition coefficient (Wildman–Crippen LogP) is 2.23. The molecule has 1 aromatic rings. The van der Waals surface area contributed by atoms with Crippen molar-refractivity contribution in [2.45, 2.75) is 43.1 Å². The Morgan fingerprint density at radius 2 is 0.691 bits per heavy atom. The SMILES string of the molecule is Cc1ccc(C(C(F)(F)F)C(OS(=O)(=O)CF)(OS(=O)(=O)CF)OS(=O)(=O)CF)cc1C(C(F)(F)F)C(OS(=O)(=O)CF)(OS(=O)(=O)CF)OS(=O)(=O)CF. The molecular weight excluding hydrogens is 937 g/mol. The van der Waals surface area contributed by atoms with E-state index < -0.39 is 156 Å². The molecule has 0 amide bonds. The third kappa shape index (κ3) is 13.7. The molecule has 0 heterocycles. The van der Waals surface area contributed by atoms with Gasteiger partial charge in [0.1, 0.15) is 0 Å². The second-order valence-corrected chi connectivity index (χ2v) is 18.8. The molecule has 0 radical (unpaired) electrons. The number of benzene rings is 1. The number of halogens is 12. The Labute approximate surface area is 302 Å². The Morgan fingerprint density at radius 1 is 0.455 bits per heavy atom. The first-order valence-corrected chi connectivity index (χ1v) is 22.1. The highest BCUT2D eigenvalue weighted by molar-refractivity contribution is 7.88. The van der Waals surface area contributed by atoms with Crippen molar-refractivity contribution < 1.29 is 128 Å². The Kier molecular flexibility index (Phi) is 16.1. The van der Waals surface area contributed by atoms with Crippen LogP contribution in [0.3, 0.4) is 0 Å². The lowest BCUT2D eigenvalue weighted by Gasteiger charge is -2.39. The first-order valence-electron chi connectivity index (χ1n) is 12.7. The van der Waals surface area contributed by atoms with Crippen LogP contribution in [0.1, 0.15) is 28.5 Å². The standard InChI is InChI=1S/C19H20F12O18S6/c1-11-2-3-12(14(16(26,27)28)18(44-50(32,33)5-20,45-51(34,35)6-21)46-52(36,37)7-22)4-13(11)15(17(29,30)31)19(47-53(38,39)8-23,48-54(40,41)9-24)49-55(42,43)10-25/h2-4,14-15H,5-10H2,1H3. The molecule has 0 aliphatic heterocycles. The van der Waals surface area contributed by atoms with Crippen LogP contribution >= 0.6 is 0 Å². The minimum absolute atomic E-state index is 0.0917. The zero-order valence-electron chi connectivity index (χ0n) is 26.0. The summed E-state index contributed by atoms with van der Waals surface area (Å²) in [5, 5.41) is 0. The minimum atomic E-state index is -6.76. The highest BCUT2D eigenvalue weighted by Gasteiger charge is 2.67. The van der Waals surface area contributed by atoms with E-state index in [1.165, 1.54) is 0 Å². The Hall–Kier alpha value is -2.16. The molecule has 36 heteroatoms. The van der Waals surface area contributed by atoms with Crippen molar-refractivity contribution in [2.75, 3.05) is 36.0 Å². The summed E-state index contributed by atoms with van der Waals surface area (Å²) in [6.45, 7) is 0.313. The van der Waals surface area contributed by atoms with Crippen molar-refractivity contribution in [1.29, 1.82) is 0 Å². The van der Waals surface area contributed by atoms with E-state index in [-0.39, 0.29) is 12.1 Å². The van der Waals surface area contributed by atoms with Crippen LogP contribution in [-0.4, -0.2) is 111 Å². The smallest absolute Gasteiger partial charge is 0.231 e. The summed E-state index contributed by atoms with van der Waals surface area (Å²) in [4.78, 5) is 0. The lowest BCUT2D eigenvalue weighted by Crippen LogP contribution is -2.55. The lowest BCUT2D eigenvalue weighted by molar-refractivity contribution is -0.316. The molecule has 0 fully saturated rings. The maximum absolute atomic E-state index is 15.0. The monoisotopic (exact) mass is 956 g/mol. The third-order valence-electron chi connectivity index (χ3n) is 5.57. The van der Waals surface area contributed by atoms with Gasteiger partial charge in [-0.15, -0.1) is 0 Å². The number of rotatable bonds is 22. The Bertz CT molecular complexity index is 2020. The van der Waals surface area contributed by atoms with Gasteiger partial charge in [0.05, 0.1) is 0 Å². The number of hydrogen-bond donors (Lipinski definition) is 0. The van der Waals surface area contributed by atoms with Gasteiger partial charge in [-0.3, -0.25) is 0 Å². The van der Waals surface area contributed by atoms with E-state index in [1.807, 2.05) is 0 Å². The molecule has 2 atom stereocenters. The van der Waals surface area contributed by atoms with Crippen molar-refractivity contribution in [3.8, 4) is 0 Å². The number of aryl methyl sites for hydroxylation is 1. The molecule has 2 unspecified atom stereocenters. The van der Waals surface area contributed by atoms with Gasteiger partial charge in [0, 0.05) is 0 Å². The lowest BCUT2D eigenvalue weighted by atomic mass is 9.86. The fourth-order valence-corrected chi connectivity index (χ4v) is 7.51. The first kappa shape index (κ1) is 50.9. The van der Waals surface area contributed by atoms with E-state index in [2.05, 4.69) is 25.1 Å². The van der Waals surface area contributed by atoms with E-state index in [9.17, 15) is 103 Å². The Balaban J connectivity index is 4.86. The Morgan fingerprint density at radius 3 is 0.909 bits per heavy atom. The number of hydrogen-bond acceptors (Lipinski definition) is 18. The molecule has 0 saturated heterocycles. The molecule has 1 aromatic carbocycles. The summed E-state index contributed by atoms with van der Waals surface area (Å²) in [6, 6.07) is -19.7. The van der Waals surface area contributed by atoms with Crippen LogP contribution in [0.5, 0.6) is 0 Å². The first-order chi connectivity index (χ1) is 24.5. The van der Waals surface area contributed by atoms with Crippen LogP contribution in [0.4, 0.5) is 52.7 Å². The molecule has 18 nitrogen and oxygen atoms in total. The fraction of sp³-hybridized carbons (Fsp3) is 0.684. The van der Waals surface area contributed by atoms with Crippen LogP contribution in [0.15, 0.2) is 18.2 Å². The van der Waals surface area contributed by atoms with Gasteiger partial charge in [0.25, 0.3) is 0 Å². The molecular formula is C19H20F12O18S6. The second kappa shape index (κ2) is 17.4. The van der Waals surface area contributed by atoms with Crippen LogP contribution in [-0.2, 0) is 85.8 Å². The van der Waals surface area contributed by atoms with E-state index in [1.54, 1.807) is 0 Å². The van der Waals surface area contributed by atoms with Crippen molar-refractivity contribution in [3.05, 3.63) is 34.9 Å². The van der Waals surface area contributed by atoms with Gasteiger partial charge in [-0.25, -0.2) is 51.4 Å². The van der Waals surface area contributed by atoms with Gasteiger partial charge >= 0.3 is 85.0 Å². The van der Waals surface area contributed by atoms with E-state index in [0.717, 1.165) is 0 Å². The summed E-state index contributed by atoms with van der Waals surface area (Å²) in [7, 11) is -39.3. The van der Waals surface area contributed by atoms with Gasteiger partial charge in [-0.2, -0.15) is 76.8 Å². The fourth-order valence-electron chi connectivity index (χ4n) is 3.88. The largest absolute Gasteiger partial charge is 0.403 e. The molecule has 0 bridgehead atoms. The molecule has 0 saturated carbocycles. The van der Waals surface area contributed by atoms with Crippen LogP contribution in [0, 0.1) is 6.92 Å². The number of alkyl halides is 12. The van der Waals surface area contributed by atoms with Gasteiger partial charge in [0.2, 0.25) is 36.0 Å². The summed E-state index contributed by atoms with van der Waals surface area (Å²) < 4.78 is 336. The second-order valence-electron chi connectivity index (χ2n) is 9.77. The maximum Gasteiger partial charge on any atom is 0.403 e. The molecule has 0 spiro atoms.